The summed E-state index contributed by atoms with van der Waals surface area (Å²) in [5.41, 5.74) is 0.760. The maximum Gasteiger partial charge on any atom is 0.335 e. The Morgan fingerprint density at radius 1 is 1.33 bits per heavy atom. The minimum Gasteiger partial charge on any atom is -0.478 e. The zero-order chi connectivity index (χ0) is 13.2. The summed E-state index contributed by atoms with van der Waals surface area (Å²) < 4.78 is 0. The number of amides is 1. The standard InChI is InChI=1S/C14H17NO3/c1-14(6-3-7-14)9-15-12(16)10-4-2-5-11(8-10)13(17)18/h2,4-5,8H,3,6-7,9H2,1H3,(H,15,16)(H,17,18). The van der Waals surface area contributed by atoms with Gasteiger partial charge in [0.25, 0.3) is 5.91 Å². The Bertz CT molecular complexity index is 478. The molecule has 1 aliphatic carbocycles. The monoisotopic (exact) mass is 247 g/mol. The number of aromatic carboxylic acids is 1. The Labute approximate surface area is 106 Å². The SMILES string of the molecule is CC1(CNC(=O)c2cccc(C(=O)O)c2)CCC1. The van der Waals surface area contributed by atoms with Crippen LogP contribution in [0.25, 0.3) is 0 Å². The highest BCUT2D eigenvalue weighted by atomic mass is 16.4. The lowest BCUT2D eigenvalue weighted by molar-refractivity contribution is 0.0697. The van der Waals surface area contributed by atoms with Gasteiger partial charge in [-0.05, 0) is 36.5 Å². The minimum atomic E-state index is -1.02. The van der Waals surface area contributed by atoms with Crippen molar-refractivity contribution in [3.05, 3.63) is 35.4 Å². The van der Waals surface area contributed by atoms with E-state index in [0.29, 0.717) is 12.1 Å². The van der Waals surface area contributed by atoms with Gasteiger partial charge < -0.3 is 10.4 Å². The summed E-state index contributed by atoms with van der Waals surface area (Å²) in [4.78, 5) is 22.7. The molecule has 1 amide bonds. The van der Waals surface area contributed by atoms with Crippen LogP contribution in [0.2, 0.25) is 0 Å². The second-order valence-corrected chi connectivity index (χ2v) is 5.23. The highest BCUT2D eigenvalue weighted by molar-refractivity contribution is 5.97. The molecule has 1 fully saturated rings. The third kappa shape index (κ3) is 2.70. The molecule has 0 radical (unpaired) electrons. The first-order chi connectivity index (χ1) is 8.50. The third-order valence-electron chi connectivity index (χ3n) is 3.61. The van der Waals surface area contributed by atoms with E-state index in [1.165, 1.54) is 18.6 Å². The third-order valence-corrected chi connectivity index (χ3v) is 3.61. The molecule has 0 spiro atoms. The number of carbonyl (C=O) groups excluding carboxylic acids is 1. The van der Waals surface area contributed by atoms with Crippen molar-refractivity contribution >= 4 is 11.9 Å². The number of rotatable bonds is 4. The zero-order valence-electron chi connectivity index (χ0n) is 10.4. The van der Waals surface area contributed by atoms with Gasteiger partial charge in [0.05, 0.1) is 5.56 Å². The summed E-state index contributed by atoms with van der Waals surface area (Å²) in [6.07, 6.45) is 3.51. The molecular formula is C14H17NO3. The van der Waals surface area contributed by atoms with Crippen LogP contribution in [0.15, 0.2) is 24.3 Å². The second-order valence-electron chi connectivity index (χ2n) is 5.23. The van der Waals surface area contributed by atoms with Gasteiger partial charge in [0.1, 0.15) is 0 Å². The zero-order valence-corrected chi connectivity index (χ0v) is 10.4. The number of carboxylic acids is 1. The molecule has 2 N–H and O–H groups in total. The van der Waals surface area contributed by atoms with E-state index in [-0.39, 0.29) is 16.9 Å². The molecule has 4 heteroatoms. The summed E-state index contributed by atoms with van der Waals surface area (Å²) in [5.74, 6) is -1.22. The van der Waals surface area contributed by atoms with E-state index in [2.05, 4.69) is 12.2 Å². The lowest BCUT2D eigenvalue weighted by Gasteiger charge is -2.38. The molecule has 0 bridgehead atoms. The molecule has 0 atom stereocenters. The minimum absolute atomic E-state index is 0.137. The van der Waals surface area contributed by atoms with Gasteiger partial charge >= 0.3 is 5.97 Å². The van der Waals surface area contributed by atoms with Crippen LogP contribution >= 0.6 is 0 Å². The first kappa shape index (κ1) is 12.6. The lowest BCUT2D eigenvalue weighted by atomic mass is 9.70. The molecule has 1 aromatic carbocycles. The van der Waals surface area contributed by atoms with Gasteiger partial charge in [0.15, 0.2) is 0 Å². The van der Waals surface area contributed by atoms with Gasteiger partial charge in [-0.25, -0.2) is 4.79 Å². The maximum absolute atomic E-state index is 11.9. The van der Waals surface area contributed by atoms with E-state index in [1.807, 2.05) is 0 Å². The van der Waals surface area contributed by atoms with Crippen LogP contribution in [0.4, 0.5) is 0 Å². The van der Waals surface area contributed by atoms with Crippen molar-refractivity contribution in [2.45, 2.75) is 26.2 Å². The Hall–Kier alpha value is -1.84. The average molecular weight is 247 g/mol. The smallest absolute Gasteiger partial charge is 0.335 e. The fourth-order valence-corrected chi connectivity index (χ4v) is 2.15. The molecule has 0 heterocycles. The number of carbonyl (C=O) groups is 2. The van der Waals surface area contributed by atoms with Crippen molar-refractivity contribution in [2.24, 2.45) is 5.41 Å². The Morgan fingerprint density at radius 3 is 2.56 bits per heavy atom. The number of hydrogen-bond acceptors (Lipinski definition) is 2. The molecule has 2 rings (SSSR count). The van der Waals surface area contributed by atoms with Crippen molar-refractivity contribution in [3.8, 4) is 0 Å². The van der Waals surface area contributed by atoms with E-state index in [1.54, 1.807) is 12.1 Å². The van der Waals surface area contributed by atoms with Crippen LogP contribution in [0.5, 0.6) is 0 Å². The van der Waals surface area contributed by atoms with Crippen molar-refractivity contribution in [3.63, 3.8) is 0 Å². The van der Waals surface area contributed by atoms with Crippen molar-refractivity contribution in [1.82, 2.24) is 5.32 Å². The summed E-state index contributed by atoms with van der Waals surface area (Å²) in [5, 5.41) is 11.7. The quantitative estimate of drug-likeness (QED) is 0.858. The van der Waals surface area contributed by atoms with Crippen LogP contribution in [-0.4, -0.2) is 23.5 Å². The lowest BCUT2D eigenvalue weighted by Crippen LogP contribution is -2.39. The summed E-state index contributed by atoms with van der Waals surface area (Å²) in [7, 11) is 0. The van der Waals surface area contributed by atoms with Gasteiger partial charge in [-0.3, -0.25) is 4.79 Å². The molecule has 18 heavy (non-hydrogen) atoms. The van der Waals surface area contributed by atoms with Crippen LogP contribution in [0.3, 0.4) is 0 Å². The molecule has 0 aliphatic heterocycles. The fourth-order valence-electron chi connectivity index (χ4n) is 2.15. The Morgan fingerprint density at radius 2 is 2.00 bits per heavy atom. The highest BCUT2D eigenvalue weighted by Crippen LogP contribution is 2.39. The molecule has 0 saturated heterocycles. The molecule has 4 nitrogen and oxygen atoms in total. The summed E-state index contributed by atoms with van der Waals surface area (Å²) in [6.45, 7) is 2.81. The van der Waals surface area contributed by atoms with Gasteiger partial charge in [0, 0.05) is 12.1 Å². The van der Waals surface area contributed by atoms with E-state index in [4.69, 9.17) is 5.11 Å². The van der Waals surface area contributed by atoms with Gasteiger partial charge in [-0.2, -0.15) is 0 Å². The topological polar surface area (TPSA) is 66.4 Å². The molecule has 1 aromatic rings. The second kappa shape index (κ2) is 4.80. The molecule has 1 aliphatic rings. The van der Waals surface area contributed by atoms with E-state index >= 15 is 0 Å². The number of nitrogens with one attached hydrogen (secondary N) is 1. The van der Waals surface area contributed by atoms with Gasteiger partial charge in [0.2, 0.25) is 0 Å². The van der Waals surface area contributed by atoms with Gasteiger partial charge in [-0.15, -0.1) is 0 Å². The summed E-state index contributed by atoms with van der Waals surface area (Å²) >= 11 is 0. The van der Waals surface area contributed by atoms with Crippen molar-refractivity contribution < 1.29 is 14.7 Å². The first-order valence-electron chi connectivity index (χ1n) is 6.12. The molecule has 0 unspecified atom stereocenters. The summed E-state index contributed by atoms with van der Waals surface area (Å²) in [6, 6.07) is 6.10. The number of carboxylic acid groups (broad SMARTS) is 1. The first-order valence-corrected chi connectivity index (χ1v) is 6.12. The van der Waals surface area contributed by atoms with Crippen LogP contribution in [-0.2, 0) is 0 Å². The fraction of sp³-hybridized carbons (Fsp3) is 0.429. The number of hydrogen-bond donors (Lipinski definition) is 2. The Kier molecular flexibility index (Phi) is 3.36. The van der Waals surface area contributed by atoms with Crippen LogP contribution < -0.4 is 5.32 Å². The highest BCUT2D eigenvalue weighted by Gasteiger charge is 2.31. The average Bonchev–Trinajstić information content (AvgIpc) is 2.33. The predicted molar refractivity (Wildman–Crippen MR) is 67.7 cm³/mol. The largest absolute Gasteiger partial charge is 0.478 e. The van der Waals surface area contributed by atoms with Gasteiger partial charge in [-0.1, -0.05) is 19.4 Å². The molecule has 1 saturated carbocycles. The Balaban J connectivity index is 2.00. The van der Waals surface area contributed by atoms with Crippen LogP contribution in [0, 0.1) is 5.41 Å². The molecule has 96 valence electrons. The molecule has 0 aromatic heterocycles. The van der Waals surface area contributed by atoms with E-state index in [9.17, 15) is 9.59 Å². The predicted octanol–water partition coefficient (Wildman–Crippen LogP) is 2.30. The van der Waals surface area contributed by atoms with Crippen molar-refractivity contribution in [2.75, 3.05) is 6.54 Å². The van der Waals surface area contributed by atoms with E-state index < -0.39 is 5.97 Å². The van der Waals surface area contributed by atoms with Crippen LogP contribution in [0.1, 0.15) is 46.9 Å². The van der Waals surface area contributed by atoms with E-state index in [0.717, 1.165) is 12.8 Å². The normalized spacial score (nSPS) is 16.7. The van der Waals surface area contributed by atoms with Crippen molar-refractivity contribution in [1.29, 1.82) is 0 Å². The number of benzene rings is 1. The molecular weight excluding hydrogens is 230 g/mol. The maximum atomic E-state index is 11.9.